The minimum atomic E-state index is -0.894. The van der Waals surface area contributed by atoms with Crippen LogP contribution in [0.5, 0.6) is 0 Å². The summed E-state index contributed by atoms with van der Waals surface area (Å²) in [4.78, 5) is 13.4. The van der Waals surface area contributed by atoms with Crippen LogP contribution in [-0.4, -0.2) is 60.9 Å². The zero-order chi connectivity index (χ0) is 12.9. The van der Waals surface area contributed by atoms with Crippen LogP contribution in [0.1, 0.15) is 26.7 Å². The maximum atomic E-state index is 11.2. The molecule has 0 aromatic rings. The molecule has 17 heavy (non-hydrogen) atoms. The van der Waals surface area contributed by atoms with Crippen LogP contribution in [0.2, 0.25) is 0 Å². The van der Waals surface area contributed by atoms with Crippen LogP contribution in [0.25, 0.3) is 0 Å². The Bertz CT molecular complexity index is 254. The lowest BCUT2D eigenvalue weighted by Crippen LogP contribution is -2.56. The van der Waals surface area contributed by atoms with E-state index in [1.54, 1.807) is 14.0 Å². The first-order valence-electron chi connectivity index (χ1n) is 6.28. The summed E-state index contributed by atoms with van der Waals surface area (Å²) in [7, 11) is 1.69. The molecule has 0 amide bonds. The van der Waals surface area contributed by atoms with Crippen molar-refractivity contribution in [3.05, 3.63) is 0 Å². The van der Waals surface area contributed by atoms with Gasteiger partial charge in [-0.1, -0.05) is 6.92 Å². The first-order chi connectivity index (χ1) is 8.01. The lowest BCUT2D eigenvalue weighted by Gasteiger charge is -2.32. The van der Waals surface area contributed by atoms with Crippen molar-refractivity contribution >= 4 is 5.97 Å². The predicted octanol–water partition coefficient (Wildman–Crippen LogP) is 0.550. The smallest absolute Gasteiger partial charge is 0.324 e. The van der Waals surface area contributed by atoms with E-state index in [9.17, 15) is 9.90 Å². The molecule has 0 aliphatic carbocycles. The highest BCUT2D eigenvalue weighted by molar-refractivity contribution is 5.78. The minimum absolute atomic E-state index is 0.268. The number of nitrogens with one attached hydrogen (secondary N) is 1. The lowest BCUT2D eigenvalue weighted by molar-refractivity contribution is -0.144. The van der Waals surface area contributed by atoms with E-state index in [4.69, 9.17) is 4.74 Å². The molecule has 0 bridgehead atoms. The molecule has 0 aromatic carbocycles. The molecule has 1 aliphatic rings. The van der Waals surface area contributed by atoms with Crippen LogP contribution in [0, 0.1) is 0 Å². The second kappa shape index (κ2) is 6.33. The van der Waals surface area contributed by atoms with E-state index in [2.05, 4.69) is 10.2 Å². The zero-order valence-electron chi connectivity index (χ0n) is 11.0. The van der Waals surface area contributed by atoms with Gasteiger partial charge in [-0.2, -0.15) is 0 Å². The minimum Gasteiger partial charge on any atom is -0.480 e. The van der Waals surface area contributed by atoms with E-state index in [0.717, 1.165) is 32.5 Å². The van der Waals surface area contributed by atoms with Gasteiger partial charge in [-0.25, -0.2) is 0 Å². The third-order valence-corrected chi connectivity index (χ3v) is 3.50. The second-order valence-electron chi connectivity index (χ2n) is 4.85. The predicted molar refractivity (Wildman–Crippen MR) is 66.2 cm³/mol. The summed E-state index contributed by atoms with van der Waals surface area (Å²) < 4.78 is 5.58. The largest absolute Gasteiger partial charge is 0.480 e. The van der Waals surface area contributed by atoms with Gasteiger partial charge in [0.25, 0.3) is 0 Å². The SMILES string of the molecule is CCN(CC1CCCO1)CC(C)(NC)C(=O)O. The molecular weight excluding hydrogens is 220 g/mol. The molecular formula is C12H24N2O3. The van der Waals surface area contributed by atoms with Crippen molar-refractivity contribution in [1.29, 1.82) is 0 Å². The Kier molecular flexibility index (Phi) is 5.36. The molecule has 1 saturated heterocycles. The molecule has 1 rings (SSSR count). The number of nitrogens with zero attached hydrogens (tertiary/aromatic N) is 1. The molecule has 0 spiro atoms. The summed E-state index contributed by atoms with van der Waals surface area (Å²) in [6, 6.07) is 0. The maximum absolute atomic E-state index is 11.2. The first-order valence-corrected chi connectivity index (χ1v) is 6.28. The summed E-state index contributed by atoms with van der Waals surface area (Å²) in [6.07, 6.45) is 2.47. The molecule has 1 fully saturated rings. The number of carboxylic acids is 1. The number of likely N-dealkylation sites (N-methyl/N-ethyl adjacent to an activating group) is 2. The Morgan fingerprint density at radius 1 is 1.65 bits per heavy atom. The highest BCUT2D eigenvalue weighted by Crippen LogP contribution is 2.15. The number of carboxylic acid groups (broad SMARTS) is 1. The Morgan fingerprint density at radius 2 is 2.35 bits per heavy atom. The average molecular weight is 244 g/mol. The molecule has 1 aliphatic heterocycles. The van der Waals surface area contributed by atoms with E-state index in [0.29, 0.717) is 6.54 Å². The van der Waals surface area contributed by atoms with Gasteiger partial charge >= 0.3 is 5.97 Å². The van der Waals surface area contributed by atoms with Crippen LogP contribution >= 0.6 is 0 Å². The molecule has 1 heterocycles. The van der Waals surface area contributed by atoms with Crippen LogP contribution in [-0.2, 0) is 9.53 Å². The molecule has 5 nitrogen and oxygen atoms in total. The van der Waals surface area contributed by atoms with E-state index in [1.807, 2.05) is 6.92 Å². The molecule has 100 valence electrons. The second-order valence-corrected chi connectivity index (χ2v) is 4.85. The van der Waals surface area contributed by atoms with E-state index in [1.165, 1.54) is 0 Å². The first kappa shape index (κ1) is 14.4. The van der Waals surface area contributed by atoms with Crippen molar-refractivity contribution < 1.29 is 14.6 Å². The van der Waals surface area contributed by atoms with Crippen LogP contribution in [0.3, 0.4) is 0 Å². The summed E-state index contributed by atoms with van der Waals surface area (Å²) >= 11 is 0. The summed E-state index contributed by atoms with van der Waals surface area (Å²) in [6.45, 7) is 6.76. The Balaban J connectivity index is 2.52. The van der Waals surface area contributed by atoms with Gasteiger partial charge < -0.3 is 15.2 Å². The van der Waals surface area contributed by atoms with Crippen LogP contribution in [0.15, 0.2) is 0 Å². The average Bonchev–Trinajstić information content (AvgIpc) is 2.80. The van der Waals surface area contributed by atoms with Gasteiger partial charge in [-0.3, -0.25) is 9.69 Å². The lowest BCUT2D eigenvalue weighted by atomic mass is 10.0. The quantitative estimate of drug-likeness (QED) is 0.685. The number of carbonyl (C=O) groups is 1. The van der Waals surface area contributed by atoms with Gasteiger partial charge in [0, 0.05) is 19.7 Å². The zero-order valence-corrected chi connectivity index (χ0v) is 11.0. The number of aliphatic carboxylic acids is 1. The summed E-state index contributed by atoms with van der Waals surface area (Å²) in [5.74, 6) is -0.814. The van der Waals surface area contributed by atoms with Crippen molar-refractivity contribution in [2.24, 2.45) is 0 Å². The number of hydrogen-bond acceptors (Lipinski definition) is 4. The number of rotatable bonds is 7. The van der Waals surface area contributed by atoms with Crippen molar-refractivity contribution in [3.8, 4) is 0 Å². The normalized spacial score (nSPS) is 23.9. The fourth-order valence-corrected chi connectivity index (χ4v) is 2.08. The van der Waals surface area contributed by atoms with E-state index >= 15 is 0 Å². The van der Waals surface area contributed by atoms with Crippen molar-refractivity contribution in [1.82, 2.24) is 10.2 Å². The van der Waals surface area contributed by atoms with E-state index in [-0.39, 0.29) is 6.10 Å². The third kappa shape index (κ3) is 3.94. The fourth-order valence-electron chi connectivity index (χ4n) is 2.08. The van der Waals surface area contributed by atoms with Crippen LogP contribution in [0.4, 0.5) is 0 Å². The molecule has 5 heteroatoms. The monoisotopic (exact) mass is 244 g/mol. The summed E-state index contributed by atoms with van der Waals surface area (Å²) in [5, 5.41) is 12.1. The highest BCUT2D eigenvalue weighted by Gasteiger charge is 2.33. The highest BCUT2D eigenvalue weighted by atomic mass is 16.5. The van der Waals surface area contributed by atoms with Gasteiger partial charge in [0.05, 0.1) is 6.10 Å². The van der Waals surface area contributed by atoms with Crippen molar-refractivity contribution in [2.45, 2.75) is 38.3 Å². The van der Waals surface area contributed by atoms with Gasteiger partial charge in [0.2, 0.25) is 0 Å². The van der Waals surface area contributed by atoms with Gasteiger partial charge in [-0.15, -0.1) is 0 Å². The fraction of sp³-hybridized carbons (Fsp3) is 0.917. The van der Waals surface area contributed by atoms with Gasteiger partial charge in [0.1, 0.15) is 5.54 Å². The maximum Gasteiger partial charge on any atom is 0.324 e. The molecule has 2 atom stereocenters. The molecule has 2 unspecified atom stereocenters. The van der Waals surface area contributed by atoms with Crippen LogP contribution < -0.4 is 5.32 Å². The number of hydrogen-bond donors (Lipinski definition) is 2. The van der Waals surface area contributed by atoms with Gasteiger partial charge in [-0.05, 0) is 33.4 Å². The molecule has 2 N–H and O–H groups in total. The van der Waals surface area contributed by atoms with Gasteiger partial charge in [0.15, 0.2) is 0 Å². The standard InChI is InChI=1S/C12H24N2O3/c1-4-14(8-10-6-5-7-17-10)9-12(2,13-3)11(15)16/h10,13H,4-9H2,1-3H3,(H,15,16). The molecule has 0 radical (unpaired) electrons. The Morgan fingerprint density at radius 3 is 2.76 bits per heavy atom. The molecule has 0 saturated carbocycles. The topological polar surface area (TPSA) is 61.8 Å². The van der Waals surface area contributed by atoms with E-state index < -0.39 is 11.5 Å². The number of ether oxygens (including phenoxy) is 1. The Labute approximate surface area is 103 Å². The molecule has 0 aromatic heterocycles. The van der Waals surface area contributed by atoms with Crippen molar-refractivity contribution in [2.75, 3.05) is 33.3 Å². The Hall–Kier alpha value is -0.650. The summed E-state index contributed by atoms with van der Waals surface area (Å²) in [5.41, 5.74) is -0.894. The van der Waals surface area contributed by atoms with Crippen molar-refractivity contribution in [3.63, 3.8) is 0 Å². The third-order valence-electron chi connectivity index (χ3n) is 3.50.